The lowest BCUT2D eigenvalue weighted by Gasteiger charge is -2.04. The normalized spacial score (nSPS) is 16.5. The van der Waals surface area contributed by atoms with Crippen LogP contribution in [-0.2, 0) is 9.53 Å². The lowest BCUT2D eigenvalue weighted by atomic mass is 10.1. The fraction of sp³-hybridized carbons (Fsp3) is 0.143. The van der Waals surface area contributed by atoms with Crippen molar-refractivity contribution in [1.82, 2.24) is 0 Å². The minimum Gasteiger partial charge on any atom is -0.507 e. The van der Waals surface area contributed by atoms with Gasteiger partial charge in [0.05, 0.1) is 24.3 Å². The van der Waals surface area contributed by atoms with Crippen molar-refractivity contribution in [2.45, 2.75) is 6.92 Å². The Labute approximate surface area is 171 Å². The molecule has 0 aliphatic carbocycles. The van der Waals surface area contributed by atoms with E-state index in [1.165, 1.54) is 43.5 Å². The molecule has 8 heteroatoms. The fourth-order valence-electron chi connectivity index (χ4n) is 2.54. The molecule has 1 aliphatic heterocycles. The Morgan fingerprint density at radius 2 is 1.93 bits per heavy atom. The Morgan fingerprint density at radius 1 is 1.21 bits per heavy atom. The summed E-state index contributed by atoms with van der Waals surface area (Å²) in [6.07, 6.45) is 1.53. The van der Waals surface area contributed by atoms with Gasteiger partial charge in [-0.15, -0.1) is 0 Å². The first-order valence-corrected chi connectivity index (χ1v) is 9.46. The van der Waals surface area contributed by atoms with Gasteiger partial charge in [-0.2, -0.15) is 0 Å². The highest BCUT2D eigenvalue weighted by atomic mass is 32.2. The summed E-state index contributed by atoms with van der Waals surface area (Å²) in [7, 11) is 1.48. The number of aliphatic hydroxyl groups excluding tert-OH is 1. The summed E-state index contributed by atoms with van der Waals surface area (Å²) in [5, 5.41) is 21.0. The highest BCUT2D eigenvalue weighted by Gasteiger charge is 2.33. The molecule has 0 fully saturated rings. The molecule has 0 bridgehead atoms. The van der Waals surface area contributed by atoms with Gasteiger partial charge in [0.25, 0.3) is 0 Å². The highest BCUT2D eigenvalue weighted by molar-refractivity contribution is 8.18. The zero-order valence-corrected chi connectivity index (χ0v) is 16.5. The van der Waals surface area contributed by atoms with Crippen LogP contribution < -0.4 is 4.74 Å². The number of benzene rings is 2. The lowest BCUT2D eigenvalue weighted by molar-refractivity contribution is -0.138. The zero-order chi connectivity index (χ0) is 21.0. The van der Waals surface area contributed by atoms with Crippen molar-refractivity contribution in [3.05, 3.63) is 70.1 Å². The predicted octanol–water partition coefficient (Wildman–Crippen LogP) is 4.73. The van der Waals surface area contributed by atoms with E-state index >= 15 is 0 Å². The molecule has 0 atom stereocenters. The van der Waals surface area contributed by atoms with Gasteiger partial charge in [-0.1, -0.05) is 11.8 Å². The van der Waals surface area contributed by atoms with Crippen LogP contribution in [0.25, 0.3) is 6.08 Å². The Hall–Kier alpha value is -3.26. The monoisotopic (exact) mass is 415 g/mol. The number of aliphatic imine (C=N–C) groups is 1. The molecule has 0 saturated heterocycles. The standard InChI is InChI=1S/C21H18FNO5S/c1-3-28-21(26)18-19(25)17(10-12-4-9-15(27-2)11-16(12)24)29-20(18)23-14-7-5-13(22)6-8-14/h4-11,24-25H,3H2,1-2H3. The van der Waals surface area contributed by atoms with Gasteiger partial charge in [0.15, 0.2) is 0 Å². The number of hydrogen-bond donors (Lipinski definition) is 2. The molecule has 0 amide bonds. The summed E-state index contributed by atoms with van der Waals surface area (Å²) in [4.78, 5) is 17.0. The third-order valence-electron chi connectivity index (χ3n) is 3.95. The molecule has 0 aromatic heterocycles. The Bertz CT molecular complexity index is 1030. The Kier molecular flexibility index (Phi) is 6.23. The first-order chi connectivity index (χ1) is 13.9. The number of phenols is 1. The molecular weight excluding hydrogens is 397 g/mol. The van der Waals surface area contributed by atoms with Gasteiger partial charge in [0.2, 0.25) is 0 Å². The second kappa shape index (κ2) is 8.83. The first-order valence-electron chi connectivity index (χ1n) is 8.64. The molecule has 0 radical (unpaired) electrons. The van der Waals surface area contributed by atoms with Crippen LogP contribution in [0.4, 0.5) is 10.1 Å². The predicted molar refractivity (Wildman–Crippen MR) is 110 cm³/mol. The van der Waals surface area contributed by atoms with Crippen molar-refractivity contribution in [2.75, 3.05) is 13.7 Å². The molecular formula is C21H18FNO5S. The largest absolute Gasteiger partial charge is 0.507 e. The number of carbonyl (C=O) groups excluding carboxylic acids is 1. The van der Waals surface area contributed by atoms with Crippen LogP contribution in [0.2, 0.25) is 0 Å². The van der Waals surface area contributed by atoms with Gasteiger partial charge in [-0.05, 0) is 49.4 Å². The molecule has 0 saturated carbocycles. The van der Waals surface area contributed by atoms with Crippen LogP contribution in [0.15, 0.2) is 63.7 Å². The fourth-order valence-corrected chi connectivity index (χ4v) is 3.56. The smallest absolute Gasteiger partial charge is 0.344 e. The molecule has 0 spiro atoms. The number of aliphatic hydroxyl groups is 1. The molecule has 29 heavy (non-hydrogen) atoms. The third kappa shape index (κ3) is 4.60. The van der Waals surface area contributed by atoms with Crippen LogP contribution in [0.1, 0.15) is 12.5 Å². The van der Waals surface area contributed by atoms with Crippen LogP contribution in [0.3, 0.4) is 0 Å². The number of nitrogens with zero attached hydrogens (tertiary/aromatic N) is 1. The number of rotatable bonds is 5. The summed E-state index contributed by atoms with van der Waals surface area (Å²) < 4.78 is 23.2. The van der Waals surface area contributed by atoms with E-state index in [0.717, 1.165) is 11.8 Å². The average molecular weight is 415 g/mol. The quantitative estimate of drug-likeness (QED) is 0.686. The van der Waals surface area contributed by atoms with E-state index in [1.807, 2.05) is 0 Å². The van der Waals surface area contributed by atoms with E-state index in [1.54, 1.807) is 19.1 Å². The van der Waals surface area contributed by atoms with Crippen LogP contribution >= 0.6 is 11.8 Å². The zero-order valence-electron chi connectivity index (χ0n) is 15.7. The summed E-state index contributed by atoms with van der Waals surface area (Å²) in [6.45, 7) is 1.78. The number of aromatic hydroxyl groups is 1. The number of hydrogen-bond acceptors (Lipinski definition) is 7. The highest BCUT2D eigenvalue weighted by Crippen LogP contribution is 2.41. The summed E-state index contributed by atoms with van der Waals surface area (Å²) in [6, 6.07) is 10.1. The average Bonchev–Trinajstić information content (AvgIpc) is 3.00. The van der Waals surface area contributed by atoms with Crippen molar-refractivity contribution >= 4 is 34.5 Å². The van der Waals surface area contributed by atoms with E-state index in [2.05, 4.69) is 4.99 Å². The second-order valence-electron chi connectivity index (χ2n) is 5.87. The molecule has 2 aromatic carbocycles. The van der Waals surface area contributed by atoms with Gasteiger partial charge in [-0.25, -0.2) is 14.2 Å². The number of ether oxygens (including phenoxy) is 2. The SMILES string of the molecule is CCOC(=O)C1=C(O)C(=Cc2ccc(OC)cc2O)SC1=Nc1ccc(F)cc1. The van der Waals surface area contributed by atoms with E-state index in [-0.39, 0.29) is 28.7 Å². The van der Waals surface area contributed by atoms with Gasteiger partial charge in [-0.3, -0.25) is 0 Å². The van der Waals surface area contributed by atoms with Crippen molar-refractivity contribution < 1.29 is 28.9 Å². The maximum Gasteiger partial charge on any atom is 0.344 e. The molecule has 1 heterocycles. The molecule has 1 aliphatic rings. The van der Waals surface area contributed by atoms with Crippen molar-refractivity contribution in [2.24, 2.45) is 4.99 Å². The van der Waals surface area contributed by atoms with Crippen molar-refractivity contribution in [3.8, 4) is 11.5 Å². The van der Waals surface area contributed by atoms with E-state index in [9.17, 15) is 19.4 Å². The number of carbonyl (C=O) groups is 1. The van der Waals surface area contributed by atoms with Gasteiger partial charge >= 0.3 is 5.97 Å². The number of methoxy groups -OCH3 is 1. The van der Waals surface area contributed by atoms with Gasteiger partial charge in [0.1, 0.15) is 33.7 Å². The lowest BCUT2D eigenvalue weighted by Crippen LogP contribution is -2.12. The van der Waals surface area contributed by atoms with E-state index in [4.69, 9.17) is 9.47 Å². The second-order valence-corrected chi connectivity index (χ2v) is 6.90. The molecule has 0 unspecified atom stereocenters. The molecule has 6 nitrogen and oxygen atoms in total. The van der Waals surface area contributed by atoms with Crippen LogP contribution in [-0.4, -0.2) is 34.9 Å². The topological polar surface area (TPSA) is 88.4 Å². The van der Waals surface area contributed by atoms with E-state index in [0.29, 0.717) is 21.9 Å². The Balaban J connectivity index is 2.04. The minimum atomic E-state index is -0.722. The number of esters is 1. The Morgan fingerprint density at radius 3 is 2.55 bits per heavy atom. The summed E-state index contributed by atoms with van der Waals surface area (Å²) >= 11 is 1.04. The van der Waals surface area contributed by atoms with Crippen LogP contribution in [0, 0.1) is 5.82 Å². The van der Waals surface area contributed by atoms with Crippen LogP contribution in [0.5, 0.6) is 11.5 Å². The molecule has 150 valence electrons. The number of phenolic OH excluding ortho intramolecular Hbond substituents is 1. The molecule has 2 N–H and O–H groups in total. The summed E-state index contributed by atoms with van der Waals surface area (Å²) in [5.74, 6) is -1.00. The van der Waals surface area contributed by atoms with Crippen molar-refractivity contribution in [1.29, 1.82) is 0 Å². The first kappa shape index (κ1) is 20.5. The molecule has 2 aromatic rings. The van der Waals surface area contributed by atoms with Crippen molar-refractivity contribution in [3.63, 3.8) is 0 Å². The van der Waals surface area contributed by atoms with Gasteiger partial charge in [0, 0.05) is 11.6 Å². The number of thioether (sulfide) groups is 1. The minimum absolute atomic E-state index is 0.0492. The number of halogens is 1. The maximum absolute atomic E-state index is 13.1. The third-order valence-corrected chi connectivity index (χ3v) is 4.97. The van der Waals surface area contributed by atoms with E-state index < -0.39 is 11.8 Å². The maximum atomic E-state index is 13.1. The van der Waals surface area contributed by atoms with Gasteiger partial charge < -0.3 is 19.7 Å². The molecule has 3 rings (SSSR count). The summed E-state index contributed by atoms with van der Waals surface area (Å²) in [5.41, 5.74) is 0.753.